The Bertz CT molecular complexity index is 1310. The number of halogens is 3. The number of aliphatic hydroxyl groups excluding tert-OH is 1. The smallest absolute Gasteiger partial charge is 0.300 e. The lowest BCUT2D eigenvalue weighted by atomic mass is 9.95. The molecule has 168 valence electrons. The van der Waals surface area contributed by atoms with Gasteiger partial charge in [0.2, 0.25) is 0 Å². The van der Waals surface area contributed by atoms with Crippen LogP contribution >= 0.6 is 23.2 Å². The number of hydrogen-bond donors (Lipinski definition) is 1. The van der Waals surface area contributed by atoms with Crippen molar-refractivity contribution >= 4 is 46.3 Å². The summed E-state index contributed by atoms with van der Waals surface area (Å²) in [4.78, 5) is 31.6. The van der Waals surface area contributed by atoms with Gasteiger partial charge in [0.1, 0.15) is 17.3 Å². The van der Waals surface area contributed by atoms with E-state index in [2.05, 4.69) is 4.98 Å². The molecule has 3 aromatic rings. The van der Waals surface area contributed by atoms with Crippen LogP contribution in [0.3, 0.4) is 0 Å². The minimum Gasteiger partial charge on any atom is -0.507 e. The van der Waals surface area contributed by atoms with Crippen molar-refractivity contribution in [3.63, 3.8) is 0 Å². The van der Waals surface area contributed by atoms with E-state index in [9.17, 15) is 19.1 Å². The van der Waals surface area contributed by atoms with Gasteiger partial charge in [-0.3, -0.25) is 19.5 Å². The third kappa shape index (κ3) is 3.94. The average Bonchev–Trinajstić information content (AvgIpc) is 3.06. The van der Waals surface area contributed by atoms with E-state index in [0.717, 1.165) is 11.0 Å². The van der Waals surface area contributed by atoms with Crippen LogP contribution in [0.15, 0.2) is 60.4 Å². The number of rotatable bonds is 4. The van der Waals surface area contributed by atoms with Crippen LogP contribution in [-0.4, -0.2) is 28.9 Å². The van der Waals surface area contributed by atoms with Crippen LogP contribution in [0, 0.1) is 12.7 Å². The molecule has 1 saturated heterocycles. The number of aryl methyl sites for hydroxylation is 1. The molecule has 6 nitrogen and oxygen atoms in total. The number of ketones is 1. The minimum absolute atomic E-state index is 0.153. The Morgan fingerprint density at radius 3 is 2.55 bits per heavy atom. The molecule has 4 rings (SSSR count). The first-order chi connectivity index (χ1) is 15.7. The summed E-state index contributed by atoms with van der Waals surface area (Å²) in [6, 6.07) is 9.17. The topological polar surface area (TPSA) is 79.7 Å². The second kappa shape index (κ2) is 8.84. The Balaban J connectivity index is 2.00. The monoisotopic (exact) mass is 486 g/mol. The van der Waals surface area contributed by atoms with Gasteiger partial charge >= 0.3 is 0 Å². The van der Waals surface area contributed by atoms with E-state index >= 15 is 0 Å². The predicted molar refractivity (Wildman–Crippen MR) is 123 cm³/mol. The Morgan fingerprint density at radius 2 is 1.91 bits per heavy atom. The van der Waals surface area contributed by atoms with Crippen LogP contribution in [0.1, 0.15) is 22.7 Å². The summed E-state index contributed by atoms with van der Waals surface area (Å²) in [7, 11) is 1.38. The van der Waals surface area contributed by atoms with Gasteiger partial charge in [-0.05, 0) is 54.4 Å². The highest BCUT2D eigenvalue weighted by Crippen LogP contribution is 2.44. The first kappa shape index (κ1) is 22.8. The molecule has 1 aliphatic rings. The van der Waals surface area contributed by atoms with Crippen LogP contribution in [0.4, 0.5) is 10.1 Å². The van der Waals surface area contributed by atoms with Crippen LogP contribution in [0.25, 0.3) is 5.76 Å². The Morgan fingerprint density at radius 1 is 1.15 bits per heavy atom. The van der Waals surface area contributed by atoms with Crippen LogP contribution in [0.5, 0.6) is 5.75 Å². The molecule has 9 heteroatoms. The van der Waals surface area contributed by atoms with Crippen molar-refractivity contribution in [2.45, 2.75) is 13.0 Å². The quantitative estimate of drug-likeness (QED) is 0.300. The van der Waals surface area contributed by atoms with Crippen molar-refractivity contribution in [1.82, 2.24) is 4.98 Å². The van der Waals surface area contributed by atoms with Crippen LogP contribution < -0.4 is 9.64 Å². The van der Waals surface area contributed by atoms with Crippen molar-refractivity contribution < 1.29 is 23.8 Å². The zero-order valence-corrected chi connectivity index (χ0v) is 19.0. The number of methoxy groups -OCH3 is 1. The number of Topliss-reactive ketones (excluding diaryl/α,β-unsaturated/α-hetero) is 1. The Hall–Kier alpha value is -3.42. The molecule has 1 fully saturated rings. The zero-order valence-electron chi connectivity index (χ0n) is 17.5. The number of nitrogens with zero attached hydrogens (tertiary/aromatic N) is 2. The molecule has 1 N–H and O–H groups in total. The van der Waals surface area contributed by atoms with Gasteiger partial charge in [-0.1, -0.05) is 29.3 Å². The summed E-state index contributed by atoms with van der Waals surface area (Å²) < 4.78 is 19.1. The molecule has 0 bridgehead atoms. The second-order valence-corrected chi connectivity index (χ2v) is 8.20. The molecule has 2 aromatic carbocycles. The van der Waals surface area contributed by atoms with Crippen molar-refractivity contribution in [3.8, 4) is 5.75 Å². The lowest BCUT2D eigenvalue weighted by Crippen LogP contribution is -2.29. The number of amides is 1. The average molecular weight is 487 g/mol. The number of ether oxygens (including phenoxy) is 1. The van der Waals surface area contributed by atoms with Gasteiger partial charge in [0, 0.05) is 18.1 Å². The number of pyridine rings is 1. The van der Waals surface area contributed by atoms with Crippen LogP contribution in [-0.2, 0) is 9.59 Å². The molecule has 33 heavy (non-hydrogen) atoms. The van der Waals surface area contributed by atoms with Crippen molar-refractivity contribution in [2.75, 3.05) is 12.0 Å². The molecule has 1 aromatic heterocycles. The highest BCUT2D eigenvalue weighted by Gasteiger charge is 2.47. The normalized spacial score (nSPS) is 17.5. The highest BCUT2D eigenvalue weighted by molar-refractivity contribution is 6.52. The number of aliphatic hydroxyl groups is 1. The summed E-state index contributed by atoms with van der Waals surface area (Å²) >= 11 is 12.2. The van der Waals surface area contributed by atoms with Gasteiger partial charge in [0.15, 0.2) is 0 Å². The van der Waals surface area contributed by atoms with E-state index in [1.54, 1.807) is 31.2 Å². The number of carbonyl (C=O) groups excluding carboxylic acids is 2. The fourth-order valence-corrected chi connectivity index (χ4v) is 4.37. The van der Waals surface area contributed by atoms with E-state index in [1.165, 1.54) is 31.6 Å². The van der Waals surface area contributed by atoms with Gasteiger partial charge < -0.3 is 9.84 Å². The van der Waals surface area contributed by atoms with Crippen LogP contribution in [0.2, 0.25) is 10.0 Å². The molecular formula is C24H17Cl2FN2O4. The fourth-order valence-electron chi connectivity index (χ4n) is 3.84. The molecule has 1 aliphatic heterocycles. The third-order valence-corrected chi connectivity index (χ3v) is 5.84. The first-order valence-electron chi connectivity index (χ1n) is 9.75. The summed E-state index contributed by atoms with van der Waals surface area (Å²) in [5, 5.41) is 11.3. The summed E-state index contributed by atoms with van der Waals surface area (Å²) in [6.45, 7) is 1.76. The van der Waals surface area contributed by atoms with E-state index in [1.807, 2.05) is 0 Å². The Kier molecular flexibility index (Phi) is 6.10. The molecule has 1 amide bonds. The van der Waals surface area contributed by atoms with Gasteiger partial charge in [0.05, 0.1) is 34.3 Å². The maximum atomic E-state index is 13.8. The summed E-state index contributed by atoms with van der Waals surface area (Å²) in [5.41, 5.74) is 1.32. The maximum Gasteiger partial charge on any atom is 0.300 e. The SMILES string of the molecule is COc1c(Cl)cc(C)cc1/C(O)=C1\C(=O)C(=O)N(c2ccc(F)c(Cl)c2)C1c1cccnc1. The number of hydrogen-bond acceptors (Lipinski definition) is 5. The van der Waals surface area contributed by atoms with E-state index in [0.29, 0.717) is 11.1 Å². The van der Waals surface area contributed by atoms with Gasteiger partial charge in [-0.25, -0.2) is 4.39 Å². The minimum atomic E-state index is -1.05. The molecule has 2 heterocycles. The molecule has 1 unspecified atom stereocenters. The standard InChI is InChI=1S/C24H17Cl2FN2O4/c1-12-8-15(23(33-2)17(26)9-12)21(30)19-20(13-4-3-7-28-11-13)29(24(32)22(19)31)14-5-6-18(27)16(25)10-14/h3-11,20,30H,1-2H3/b21-19+. The van der Waals surface area contributed by atoms with E-state index in [4.69, 9.17) is 27.9 Å². The van der Waals surface area contributed by atoms with E-state index in [-0.39, 0.29) is 32.6 Å². The number of benzene rings is 2. The fraction of sp³-hybridized carbons (Fsp3) is 0.125. The van der Waals surface area contributed by atoms with Crippen molar-refractivity contribution in [3.05, 3.63) is 93.0 Å². The van der Waals surface area contributed by atoms with Crippen molar-refractivity contribution in [1.29, 1.82) is 0 Å². The third-order valence-electron chi connectivity index (χ3n) is 5.27. The van der Waals surface area contributed by atoms with Gasteiger partial charge in [0.25, 0.3) is 11.7 Å². The number of carbonyl (C=O) groups is 2. The highest BCUT2D eigenvalue weighted by atomic mass is 35.5. The number of aromatic nitrogens is 1. The summed E-state index contributed by atoms with van der Waals surface area (Å²) in [6.07, 6.45) is 3.01. The molecular weight excluding hydrogens is 470 g/mol. The lowest BCUT2D eigenvalue weighted by Gasteiger charge is -2.25. The van der Waals surface area contributed by atoms with Gasteiger partial charge in [-0.2, -0.15) is 0 Å². The largest absolute Gasteiger partial charge is 0.507 e. The first-order valence-corrected chi connectivity index (χ1v) is 10.5. The number of anilines is 1. The predicted octanol–water partition coefficient (Wildman–Crippen LogP) is 5.47. The molecule has 0 saturated carbocycles. The van der Waals surface area contributed by atoms with Crippen molar-refractivity contribution in [2.24, 2.45) is 0 Å². The molecule has 0 spiro atoms. The molecule has 0 aliphatic carbocycles. The summed E-state index contributed by atoms with van der Waals surface area (Å²) in [5.74, 6) is -2.82. The lowest BCUT2D eigenvalue weighted by molar-refractivity contribution is -0.132. The second-order valence-electron chi connectivity index (χ2n) is 7.38. The molecule has 1 atom stereocenters. The van der Waals surface area contributed by atoms with E-state index < -0.39 is 29.3 Å². The zero-order chi connectivity index (χ0) is 23.9. The van der Waals surface area contributed by atoms with Gasteiger partial charge in [-0.15, -0.1) is 0 Å². The maximum absolute atomic E-state index is 13.8. The molecule has 0 radical (unpaired) electrons. The Labute approximate surface area is 198 Å².